The summed E-state index contributed by atoms with van der Waals surface area (Å²) in [6.45, 7) is 10.1. The molecule has 2 aromatic rings. The van der Waals surface area contributed by atoms with Gasteiger partial charge < -0.3 is 9.80 Å². The van der Waals surface area contributed by atoms with Crippen LogP contribution in [0.2, 0.25) is 0 Å². The summed E-state index contributed by atoms with van der Waals surface area (Å²) >= 11 is 0. The lowest BCUT2D eigenvalue weighted by Crippen LogP contribution is -2.43. The first-order valence-corrected chi connectivity index (χ1v) is 11.0. The molecule has 1 aromatic carbocycles. The lowest BCUT2D eigenvalue weighted by atomic mass is 9.95. The van der Waals surface area contributed by atoms with Crippen molar-refractivity contribution in [2.75, 3.05) is 20.1 Å². The molecule has 0 atom stereocenters. The second-order valence-electron chi connectivity index (χ2n) is 8.45. The maximum absolute atomic E-state index is 13.1. The highest BCUT2D eigenvalue weighted by Gasteiger charge is 2.29. The van der Waals surface area contributed by atoms with Gasteiger partial charge >= 0.3 is 0 Å². The van der Waals surface area contributed by atoms with Gasteiger partial charge in [-0.05, 0) is 51.7 Å². The molecule has 0 spiro atoms. The molecule has 1 saturated heterocycles. The predicted molar refractivity (Wildman–Crippen MR) is 118 cm³/mol. The number of carbonyl (C=O) groups is 2. The first kappa shape index (κ1) is 22.1. The first-order chi connectivity index (χ1) is 14.3. The molecule has 3 rings (SSSR count). The fourth-order valence-corrected chi connectivity index (χ4v) is 4.31. The van der Waals surface area contributed by atoms with Crippen LogP contribution in [0, 0.1) is 26.7 Å². The largest absolute Gasteiger partial charge is 0.343 e. The van der Waals surface area contributed by atoms with Crippen LogP contribution in [0.4, 0.5) is 0 Å². The average molecular weight is 411 g/mol. The molecule has 6 nitrogen and oxygen atoms in total. The predicted octanol–water partition coefficient (Wildman–Crippen LogP) is 3.79. The normalized spacial score (nSPS) is 14.8. The van der Waals surface area contributed by atoms with Crippen molar-refractivity contribution in [2.45, 2.75) is 59.9 Å². The van der Waals surface area contributed by atoms with Crippen molar-refractivity contribution in [1.29, 1.82) is 0 Å². The van der Waals surface area contributed by atoms with Crippen LogP contribution in [-0.4, -0.2) is 51.5 Å². The van der Waals surface area contributed by atoms with Crippen molar-refractivity contribution in [2.24, 2.45) is 5.92 Å². The zero-order chi connectivity index (χ0) is 21.8. The summed E-state index contributed by atoms with van der Waals surface area (Å²) in [5.74, 6) is 0.374. The molecule has 6 heteroatoms. The molecule has 2 heterocycles. The van der Waals surface area contributed by atoms with E-state index in [-0.39, 0.29) is 17.7 Å². The van der Waals surface area contributed by atoms with E-state index in [9.17, 15) is 9.59 Å². The third-order valence-corrected chi connectivity index (χ3v) is 6.22. The van der Waals surface area contributed by atoms with E-state index in [0.717, 1.165) is 41.9 Å². The second kappa shape index (κ2) is 9.45. The number of amides is 2. The second-order valence-corrected chi connectivity index (χ2v) is 8.45. The number of nitrogens with zero attached hydrogens (tertiary/aromatic N) is 4. The lowest BCUT2D eigenvalue weighted by molar-refractivity contribution is -0.140. The molecule has 1 aliphatic rings. The SMILES string of the molecule is CCCC(=O)N1CCC(C(=O)N(C)Cc2c(C)nn(-c3ccccc3C)c2C)CC1. The van der Waals surface area contributed by atoms with E-state index in [4.69, 9.17) is 5.10 Å². The molecule has 2 amide bonds. The molecule has 1 fully saturated rings. The number of hydrogen-bond acceptors (Lipinski definition) is 3. The first-order valence-electron chi connectivity index (χ1n) is 11.0. The molecule has 0 bridgehead atoms. The van der Waals surface area contributed by atoms with E-state index >= 15 is 0 Å². The third kappa shape index (κ3) is 4.58. The number of likely N-dealkylation sites (tertiary alicyclic amines) is 1. The van der Waals surface area contributed by atoms with Crippen LogP contribution < -0.4 is 0 Å². The van der Waals surface area contributed by atoms with E-state index in [1.807, 2.05) is 47.5 Å². The zero-order valence-electron chi connectivity index (χ0n) is 18.9. The van der Waals surface area contributed by atoms with Crippen LogP contribution in [-0.2, 0) is 16.1 Å². The Balaban J connectivity index is 1.67. The topological polar surface area (TPSA) is 58.4 Å². The maximum atomic E-state index is 13.1. The minimum Gasteiger partial charge on any atom is -0.343 e. The van der Waals surface area contributed by atoms with Crippen molar-refractivity contribution in [1.82, 2.24) is 19.6 Å². The number of rotatable bonds is 6. The third-order valence-electron chi connectivity index (χ3n) is 6.22. The highest BCUT2D eigenvalue weighted by atomic mass is 16.2. The quantitative estimate of drug-likeness (QED) is 0.728. The van der Waals surface area contributed by atoms with Gasteiger partial charge in [0.25, 0.3) is 0 Å². The summed E-state index contributed by atoms with van der Waals surface area (Å²) in [6.07, 6.45) is 2.97. The Morgan fingerprint density at radius 2 is 1.80 bits per heavy atom. The summed E-state index contributed by atoms with van der Waals surface area (Å²) < 4.78 is 1.98. The molecule has 0 aliphatic carbocycles. The summed E-state index contributed by atoms with van der Waals surface area (Å²) in [4.78, 5) is 28.9. The number of carbonyl (C=O) groups excluding carboxylic acids is 2. The van der Waals surface area contributed by atoms with Crippen LogP contribution in [0.3, 0.4) is 0 Å². The van der Waals surface area contributed by atoms with Gasteiger partial charge in [-0.15, -0.1) is 0 Å². The Morgan fingerprint density at radius 3 is 2.43 bits per heavy atom. The van der Waals surface area contributed by atoms with Crippen LogP contribution in [0.25, 0.3) is 5.69 Å². The van der Waals surface area contributed by atoms with E-state index in [1.165, 1.54) is 5.56 Å². The maximum Gasteiger partial charge on any atom is 0.225 e. The van der Waals surface area contributed by atoms with Crippen molar-refractivity contribution in [3.05, 3.63) is 46.8 Å². The molecular weight excluding hydrogens is 376 g/mol. The minimum absolute atomic E-state index is 0.00676. The van der Waals surface area contributed by atoms with Gasteiger partial charge in [0.2, 0.25) is 11.8 Å². The summed E-state index contributed by atoms with van der Waals surface area (Å²) in [5, 5.41) is 4.75. The number of aromatic nitrogens is 2. The summed E-state index contributed by atoms with van der Waals surface area (Å²) in [7, 11) is 1.88. The van der Waals surface area contributed by atoms with Crippen LogP contribution in [0.1, 0.15) is 55.1 Å². The number of benzene rings is 1. The van der Waals surface area contributed by atoms with Crippen molar-refractivity contribution in [3.63, 3.8) is 0 Å². The van der Waals surface area contributed by atoms with Gasteiger partial charge in [-0.25, -0.2) is 4.68 Å². The van der Waals surface area contributed by atoms with Crippen LogP contribution in [0.5, 0.6) is 0 Å². The Hall–Kier alpha value is -2.63. The van der Waals surface area contributed by atoms with Gasteiger partial charge in [0.15, 0.2) is 0 Å². The molecule has 0 saturated carbocycles. The lowest BCUT2D eigenvalue weighted by Gasteiger charge is -2.33. The van der Waals surface area contributed by atoms with E-state index in [1.54, 1.807) is 0 Å². The average Bonchev–Trinajstić information content (AvgIpc) is 3.02. The molecular formula is C24H34N4O2. The van der Waals surface area contributed by atoms with Crippen LogP contribution in [0.15, 0.2) is 24.3 Å². The fourth-order valence-electron chi connectivity index (χ4n) is 4.31. The smallest absolute Gasteiger partial charge is 0.225 e. The van der Waals surface area contributed by atoms with E-state index in [2.05, 4.69) is 26.0 Å². The number of piperidine rings is 1. The molecule has 1 aromatic heterocycles. The van der Waals surface area contributed by atoms with Gasteiger partial charge in [-0.3, -0.25) is 9.59 Å². The molecule has 30 heavy (non-hydrogen) atoms. The molecule has 162 valence electrons. The van der Waals surface area contributed by atoms with Gasteiger partial charge in [0, 0.05) is 50.3 Å². The van der Waals surface area contributed by atoms with Crippen molar-refractivity contribution >= 4 is 11.8 Å². The van der Waals surface area contributed by atoms with Gasteiger partial charge in [-0.2, -0.15) is 5.10 Å². The highest BCUT2D eigenvalue weighted by molar-refractivity contribution is 5.80. The van der Waals surface area contributed by atoms with Gasteiger partial charge in [-0.1, -0.05) is 25.1 Å². The monoisotopic (exact) mass is 410 g/mol. The minimum atomic E-state index is -0.00676. The van der Waals surface area contributed by atoms with Crippen LogP contribution >= 0.6 is 0 Å². The highest BCUT2D eigenvalue weighted by Crippen LogP contribution is 2.24. The Kier molecular flexibility index (Phi) is 6.95. The van der Waals surface area contributed by atoms with E-state index < -0.39 is 0 Å². The standard InChI is InChI=1S/C24H34N4O2/c1-6-9-23(29)27-14-12-20(13-15-27)24(30)26(5)16-21-18(3)25-28(19(21)4)22-11-8-7-10-17(22)2/h7-8,10-11,20H,6,9,12-16H2,1-5H3. The van der Waals surface area contributed by atoms with Crippen molar-refractivity contribution in [3.8, 4) is 5.69 Å². The molecule has 0 radical (unpaired) electrons. The van der Waals surface area contributed by atoms with Crippen molar-refractivity contribution < 1.29 is 9.59 Å². The zero-order valence-corrected chi connectivity index (χ0v) is 18.9. The molecule has 1 aliphatic heterocycles. The summed E-state index contributed by atoms with van der Waals surface area (Å²) in [6, 6.07) is 8.20. The Morgan fingerprint density at radius 1 is 1.13 bits per heavy atom. The Labute approximate surface area is 179 Å². The number of para-hydroxylation sites is 1. The number of hydrogen-bond donors (Lipinski definition) is 0. The van der Waals surface area contributed by atoms with Gasteiger partial charge in [0.05, 0.1) is 11.4 Å². The fraction of sp³-hybridized carbons (Fsp3) is 0.542. The molecule has 0 unspecified atom stereocenters. The summed E-state index contributed by atoms with van der Waals surface area (Å²) in [5.41, 5.74) is 5.37. The van der Waals surface area contributed by atoms with E-state index in [0.29, 0.717) is 26.1 Å². The number of aryl methyl sites for hydroxylation is 2. The van der Waals surface area contributed by atoms with Gasteiger partial charge in [0.1, 0.15) is 0 Å². The Bertz CT molecular complexity index is 910. The molecule has 0 N–H and O–H groups in total.